The molecule has 3 heteroatoms. The van der Waals surface area contributed by atoms with E-state index in [0.29, 0.717) is 0 Å². The fourth-order valence-electron chi connectivity index (χ4n) is 2.10. The van der Waals surface area contributed by atoms with Gasteiger partial charge in [0.1, 0.15) is 11.5 Å². The van der Waals surface area contributed by atoms with Gasteiger partial charge in [-0.25, -0.2) is 0 Å². The molecule has 92 valence electrons. The summed E-state index contributed by atoms with van der Waals surface area (Å²) in [7, 11) is 0. The molecule has 0 amide bonds. The van der Waals surface area contributed by atoms with Crippen LogP contribution in [0, 0.1) is 0 Å². The van der Waals surface area contributed by atoms with Crippen molar-refractivity contribution in [3.05, 3.63) is 48.0 Å². The summed E-state index contributed by atoms with van der Waals surface area (Å²) >= 11 is 0. The zero-order chi connectivity index (χ0) is 12.5. The minimum Gasteiger partial charge on any atom is -0.508 e. The lowest BCUT2D eigenvalue weighted by Crippen LogP contribution is -1.96. The zero-order valence-corrected chi connectivity index (χ0v) is 9.84. The SMILES string of the molecule is Oc1ccc(-c2ccc(O)cc2CC2CO2)cc1. The first-order valence-electron chi connectivity index (χ1n) is 5.95. The molecule has 1 saturated heterocycles. The van der Waals surface area contributed by atoms with Crippen LogP contribution in [0.2, 0.25) is 0 Å². The lowest BCUT2D eigenvalue weighted by molar-refractivity contribution is 0.407. The Kier molecular flexibility index (Phi) is 2.68. The maximum atomic E-state index is 9.58. The number of phenolic OH excluding ortho intramolecular Hbond substituents is 2. The van der Waals surface area contributed by atoms with Gasteiger partial charge in [-0.1, -0.05) is 18.2 Å². The van der Waals surface area contributed by atoms with Crippen LogP contribution in [0.5, 0.6) is 11.5 Å². The number of benzene rings is 2. The van der Waals surface area contributed by atoms with Gasteiger partial charge in [0.05, 0.1) is 12.7 Å². The van der Waals surface area contributed by atoms with Crippen molar-refractivity contribution in [3.63, 3.8) is 0 Å². The van der Waals surface area contributed by atoms with Gasteiger partial charge in [0.2, 0.25) is 0 Å². The molecule has 3 rings (SSSR count). The predicted molar refractivity (Wildman–Crippen MR) is 68.7 cm³/mol. The van der Waals surface area contributed by atoms with E-state index in [0.717, 1.165) is 29.7 Å². The van der Waals surface area contributed by atoms with Crippen LogP contribution in [0.1, 0.15) is 5.56 Å². The second-order valence-electron chi connectivity index (χ2n) is 4.55. The minimum absolute atomic E-state index is 0.254. The van der Waals surface area contributed by atoms with Crippen LogP contribution in [0.3, 0.4) is 0 Å². The Morgan fingerprint density at radius 3 is 2.33 bits per heavy atom. The molecule has 1 unspecified atom stereocenters. The molecule has 3 nitrogen and oxygen atoms in total. The molecule has 0 spiro atoms. The molecule has 2 aromatic rings. The summed E-state index contributed by atoms with van der Waals surface area (Å²) in [6.45, 7) is 0.796. The van der Waals surface area contributed by atoms with Gasteiger partial charge < -0.3 is 14.9 Å². The van der Waals surface area contributed by atoms with Crippen molar-refractivity contribution in [1.82, 2.24) is 0 Å². The van der Waals surface area contributed by atoms with Gasteiger partial charge in [-0.05, 0) is 41.0 Å². The molecule has 1 atom stereocenters. The maximum absolute atomic E-state index is 9.58. The number of epoxide rings is 1. The van der Waals surface area contributed by atoms with Gasteiger partial charge in [0.25, 0.3) is 0 Å². The van der Waals surface area contributed by atoms with Crippen molar-refractivity contribution >= 4 is 0 Å². The number of aromatic hydroxyl groups is 2. The van der Waals surface area contributed by atoms with Crippen LogP contribution in [0.15, 0.2) is 42.5 Å². The lowest BCUT2D eigenvalue weighted by atomic mass is 9.96. The normalized spacial score (nSPS) is 17.7. The largest absolute Gasteiger partial charge is 0.508 e. The van der Waals surface area contributed by atoms with Gasteiger partial charge in [-0.2, -0.15) is 0 Å². The quantitative estimate of drug-likeness (QED) is 0.814. The van der Waals surface area contributed by atoms with Crippen molar-refractivity contribution < 1.29 is 14.9 Å². The third-order valence-electron chi connectivity index (χ3n) is 3.12. The molecule has 0 aromatic heterocycles. The number of hydrogen-bond acceptors (Lipinski definition) is 3. The first-order chi connectivity index (χ1) is 8.72. The molecule has 1 fully saturated rings. The first-order valence-corrected chi connectivity index (χ1v) is 5.95. The van der Waals surface area contributed by atoms with E-state index in [9.17, 15) is 10.2 Å². The molecule has 2 aromatic carbocycles. The molecule has 0 bridgehead atoms. The van der Waals surface area contributed by atoms with Gasteiger partial charge in [0.15, 0.2) is 0 Å². The Morgan fingerprint density at radius 1 is 1.00 bits per heavy atom. The summed E-state index contributed by atoms with van der Waals surface area (Å²) in [4.78, 5) is 0. The summed E-state index contributed by atoms with van der Waals surface area (Å²) in [6.07, 6.45) is 1.09. The third-order valence-corrected chi connectivity index (χ3v) is 3.12. The van der Waals surface area contributed by atoms with E-state index in [-0.39, 0.29) is 17.6 Å². The predicted octanol–water partition coefficient (Wildman–Crippen LogP) is 2.71. The monoisotopic (exact) mass is 242 g/mol. The first kappa shape index (κ1) is 11.1. The van der Waals surface area contributed by atoms with E-state index >= 15 is 0 Å². The number of rotatable bonds is 3. The highest BCUT2D eigenvalue weighted by Crippen LogP contribution is 2.31. The Balaban J connectivity index is 2.01. The molecule has 1 heterocycles. The van der Waals surface area contributed by atoms with Crippen LogP contribution in [-0.4, -0.2) is 22.9 Å². The van der Waals surface area contributed by atoms with Crippen LogP contribution in [0.25, 0.3) is 11.1 Å². The summed E-state index contributed by atoms with van der Waals surface area (Å²) in [6, 6.07) is 12.4. The summed E-state index contributed by atoms with van der Waals surface area (Å²) in [5.41, 5.74) is 3.18. The Bertz CT molecular complexity index is 556. The highest BCUT2D eigenvalue weighted by Gasteiger charge is 2.24. The topological polar surface area (TPSA) is 53.0 Å². The maximum Gasteiger partial charge on any atom is 0.115 e. The Morgan fingerprint density at radius 2 is 1.67 bits per heavy atom. The second-order valence-corrected chi connectivity index (χ2v) is 4.55. The standard InChI is InChI=1S/C15H14O3/c16-12-3-1-10(2-4-12)15-6-5-13(17)7-11(15)8-14-9-18-14/h1-7,14,16-17H,8-9H2. The van der Waals surface area contributed by atoms with Crippen LogP contribution in [-0.2, 0) is 11.2 Å². The molecule has 1 aliphatic rings. The van der Waals surface area contributed by atoms with Crippen molar-refractivity contribution in [2.24, 2.45) is 0 Å². The third kappa shape index (κ3) is 2.31. The van der Waals surface area contributed by atoms with E-state index in [4.69, 9.17) is 4.74 Å². The Labute approximate surface area is 105 Å². The van der Waals surface area contributed by atoms with Gasteiger partial charge in [-0.3, -0.25) is 0 Å². The average molecular weight is 242 g/mol. The van der Waals surface area contributed by atoms with Crippen molar-refractivity contribution in [2.45, 2.75) is 12.5 Å². The molecular formula is C15H14O3. The molecule has 0 aliphatic carbocycles. The van der Waals surface area contributed by atoms with Gasteiger partial charge in [0, 0.05) is 6.42 Å². The molecular weight excluding hydrogens is 228 g/mol. The van der Waals surface area contributed by atoms with Crippen molar-refractivity contribution in [1.29, 1.82) is 0 Å². The lowest BCUT2D eigenvalue weighted by Gasteiger charge is -2.09. The van der Waals surface area contributed by atoms with E-state index in [1.54, 1.807) is 24.3 Å². The summed E-state index contributed by atoms with van der Waals surface area (Å²) in [5, 5.41) is 18.9. The highest BCUT2D eigenvalue weighted by atomic mass is 16.6. The van der Waals surface area contributed by atoms with Crippen molar-refractivity contribution in [2.75, 3.05) is 6.61 Å². The van der Waals surface area contributed by atoms with Gasteiger partial charge >= 0.3 is 0 Å². The molecule has 2 N–H and O–H groups in total. The minimum atomic E-state index is 0.254. The number of hydrogen-bond donors (Lipinski definition) is 2. The van der Waals surface area contributed by atoms with E-state index in [1.807, 2.05) is 18.2 Å². The summed E-state index contributed by atoms with van der Waals surface area (Å²) in [5.74, 6) is 0.526. The smallest absolute Gasteiger partial charge is 0.115 e. The fraction of sp³-hybridized carbons (Fsp3) is 0.200. The van der Waals surface area contributed by atoms with E-state index in [2.05, 4.69) is 0 Å². The van der Waals surface area contributed by atoms with Crippen LogP contribution < -0.4 is 0 Å². The van der Waals surface area contributed by atoms with Gasteiger partial charge in [-0.15, -0.1) is 0 Å². The average Bonchev–Trinajstić information content (AvgIpc) is 3.15. The fourth-order valence-corrected chi connectivity index (χ4v) is 2.10. The highest BCUT2D eigenvalue weighted by molar-refractivity contribution is 5.69. The molecule has 0 saturated carbocycles. The summed E-state index contributed by atoms with van der Waals surface area (Å²) < 4.78 is 5.24. The number of ether oxygens (including phenoxy) is 1. The molecule has 1 aliphatic heterocycles. The zero-order valence-electron chi connectivity index (χ0n) is 9.84. The Hall–Kier alpha value is -2.00. The van der Waals surface area contributed by atoms with Crippen LogP contribution >= 0.6 is 0 Å². The molecule has 0 radical (unpaired) electrons. The number of phenols is 2. The van der Waals surface area contributed by atoms with E-state index < -0.39 is 0 Å². The van der Waals surface area contributed by atoms with Crippen molar-refractivity contribution in [3.8, 4) is 22.6 Å². The van der Waals surface area contributed by atoms with Crippen LogP contribution in [0.4, 0.5) is 0 Å². The molecule has 18 heavy (non-hydrogen) atoms. The second kappa shape index (κ2) is 4.35. The van der Waals surface area contributed by atoms with E-state index in [1.165, 1.54) is 0 Å².